The van der Waals surface area contributed by atoms with Crippen LogP contribution in [-0.2, 0) is 4.74 Å². The van der Waals surface area contributed by atoms with Crippen molar-refractivity contribution in [2.24, 2.45) is 0 Å². The van der Waals surface area contributed by atoms with Gasteiger partial charge in [-0.2, -0.15) is 0 Å². The van der Waals surface area contributed by atoms with Gasteiger partial charge in [0.1, 0.15) is 11.3 Å². The van der Waals surface area contributed by atoms with Gasteiger partial charge in [-0.15, -0.1) is 0 Å². The smallest absolute Gasteiger partial charge is 0.336 e. The van der Waals surface area contributed by atoms with Crippen molar-refractivity contribution in [3.05, 3.63) is 53.3 Å². The first-order valence-corrected chi connectivity index (χ1v) is 11.0. The Hall–Kier alpha value is -3.43. The topological polar surface area (TPSA) is 99.9 Å². The molecule has 1 fully saturated rings. The molecule has 2 aromatic carbocycles. The van der Waals surface area contributed by atoms with Gasteiger partial charge < -0.3 is 20.1 Å². The summed E-state index contributed by atoms with van der Waals surface area (Å²) in [5.74, 6) is -0.948. The molecular formula is C24H29N5O4. The van der Waals surface area contributed by atoms with Crippen molar-refractivity contribution < 1.29 is 19.4 Å². The Labute approximate surface area is 192 Å². The van der Waals surface area contributed by atoms with Gasteiger partial charge in [0, 0.05) is 58.3 Å². The van der Waals surface area contributed by atoms with Crippen molar-refractivity contribution >= 4 is 28.6 Å². The number of aromatic carboxylic acids is 1. The molecule has 9 heteroatoms. The summed E-state index contributed by atoms with van der Waals surface area (Å²) in [5.41, 5.74) is 3.12. The number of hydrogen-bond donors (Lipinski definition) is 2. The van der Waals surface area contributed by atoms with E-state index in [1.807, 2.05) is 23.6 Å². The summed E-state index contributed by atoms with van der Waals surface area (Å²) in [5, 5.41) is 12.1. The number of nitrogens with zero attached hydrogens (tertiary/aromatic N) is 4. The maximum Gasteiger partial charge on any atom is 0.336 e. The summed E-state index contributed by atoms with van der Waals surface area (Å²) in [7, 11) is 3.21. The third-order valence-electron chi connectivity index (χ3n) is 6.12. The van der Waals surface area contributed by atoms with Gasteiger partial charge in [-0.25, -0.2) is 9.78 Å². The SMILES string of the molecule is CNC(=O)c1c(C(=O)O)ccc2c1nc(C)n2-c1cccc(N2CCN(CCOC)CC2)c1. The van der Waals surface area contributed by atoms with Crippen LogP contribution in [0.4, 0.5) is 5.69 Å². The number of methoxy groups -OCH3 is 1. The number of carboxylic acids is 1. The predicted molar refractivity (Wildman–Crippen MR) is 127 cm³/mol. The Morgan fingerprint density at radius 3 is 2.52 bits per heavy atom. The number of nitrogens with one attached hydrogen (secondary N) is 1. The lowest BCUT2D eigenvalue weighted by atomic mass is 10.0. The monoisotopic (exact) mass is 451 g/mol. The maximum atomic E-state index is 12.5. The molecule has 9 nitrogen and oxygen atoms in total. The van der Waals surface area contributed by atoms with Gasteiger partial charge in [-0.1, -0.05) is 6.07 Å². The van der Waals surface area contributed by atoms with Gasteiger partial charge in [0.25, 0.3) is 5.91 Å². The highest BCUT2D eigenvalue weighted by Gasteiger charge is 2.24. The van der Waals surface area contributed by atoms with Crippen LogP contribution in [0.25, 0.3) is 16.7 Å². The minimum absolute atomic E-state index is 0.0633. The summed E-state index contributed by atoms with van der Waals surface area (Å²) < 4.78 is 7.15. The fourth-order valence-electron chi connectivity index (χ4n) is 4.40. The number of aryl methyl sites for hydroxylation is 1. The minimum Gasteiger partial charge on any atom is -0.478 e. The molecule has 0 saturated carbocycles. The van der Waals surface area contributed by atoms with E-state index in [4.69, 9.17) is 4.74 Å². The highest BCUT2D eigenvalue weighted by molar-refractivity contribution is 6.13. The average Bonchev–Trinajstić information content (AvgIpc) is 3.17. The number of carboxylic acid groups (broad SMARTS) is 1. The Kier molecular flexibility index (Phi) is 6.62. The lowest BCUT2D eigenvalue weighted by molar-refractivity contribution is 0.0691. The number of piperazine rings is 1. The number of anilines is 1. The van der Waals surface area contributed by atoms with Gasteiger partial charge in [0.05, 0.1) is 23.3 Å². The molecule has 1 amide bonds. The van der Waals surface area contributed by atoms with Gasteiger partial charge in [-0.05, 0) is 37.3 Å². The van der Waals surface area contributed by atoms with Crippen LogP contribution in [0.3, 0.4) is 0 Å². The van der Waals surface area contributed by atoms with Crippen LogP contribution in [0.5, 0.6) is 0 Å². The minimum atomic E-state index is -1.16. The highest BCUT2D eigenvalue weighted by Crippen LogP contribution is 2.29. The molecule has 2 N–H and O–H groups in total. The van der Waals surface area contributed by atoms with Crippen molar-refractivity contribution in [1.82, 2.24) is 19.8 Å². The van der Waals surface area contributed by atoms with Crippen LogP contribution in [-0.4, -0.2) is 84.9 Å². The number of amides is 1. The number of rotatable bonds is 7. The molecule has 0 unspecified atom stereocenters. The highest BCUT2D eigenvalue weighted by atomic mass is 16.5. The summed E-state index contributed by atoms with van der Waals surface area (Å²) in [4.78, 5) is 33.6. The van der Waals surface area contributed by atoms with Crippen LogP contribution in [0.1, 0.15) is 26.5 Å². The van der Waals surface area contributed by atoms with E-state index in [9.17, 15) is 14.7 Å². The number of imidazole rings is 1. The van der Waals surface area contributed by atoms with Crippen LogP contribution in [0.2, 0.25) is 0 Å². The number of fused-ring (bicyclic) bond motifs is 1. The van der Waals surface area contributed by atoms with Crippen LogP contribution in [0.15, 0.2) is 36.4 Å². The molecule has 0 bridgehead atoms. The molecule has 0 radical (unpaired) electrons. The van der Waals surface area contributed by atoms with E-state index < -0.39 is 11.9 Å². The van der Waals surface area contributed by atoms with E-state index in [0.717, 1.165) is 50.7 Å². The first-order chi connectivity index (χ1) is 15.9. The van der Waals surface area contributed by atoms with Crippen molar-refractivity contribution in [2.75, 3.05) is 58.4 Å². The third kappa shape index (κ3) is 4.42. The van der Waals surface area contributed by atoms with Crippen molar-refractivity contribution in [3.63, 3.8) is 0 Å². The van der Waals surface area contributed by atoms with Gasteiger partial charge in [0.2, 0.25) is 0 Å². The predicted octanol–water partition coefficient (Wildman–Crippen LogP) is 2.16. The second kappa shape index (κ2) is 9.60. The largest absolute Gasteiger partial charge is 0.478 e. The van der Waals surface area contributed by atoms with Crippen molar-refractivity contribution in [3.8, 4) is 5.69 Å². The first kappa shape index (κ1) is 22.8. The van der Waals surface area contributed by atoms with Crippen molar-refractivity contribution in [1.29, 1.82) is 0 Å². The number of hydrogen-bond acceptors (Lipinski definition) is 6. The van der Waals surface area contributed by atoms with E-state index in [2.05, 4.69) is 32.2 Å². The lowest BCUT2D eigenvalue weighted by Crippen LogP contribution is -2.47. The normalized spacial score (nSPS) is 14.6. The molecule has 1 aliphatic heterocycles. The zero-order chi connectivity index (χ0) is 23.5. The van der Waals surface area contributed by atoms with Crippen LogP contribution < -0.4 is 10.2 Å². The molecule has 0 atom stereocenters. The summed E-state index contributed by atoms with van der Waals surface area (Å²) in [6.07, 6.45) is 0. The Morgan fingerprint density at radius 2 is 1.85 bits per heavy atom. The molecule has 1 aliphatic rings. The summed E-state index contributed by atoms with van der Waals surface area (Å²) in [6.45, 7) is 7.36. The Morgan fingerprint density at radius 1 is 1.12 bits per heavy atom. The fraction of sp³-hybridized carbons (Fsp3) is 0.375. The molecule has 3 aromatic rings. The molecule has 0 aliphatic carbocycles. The average molecular weight is 452 g/mol. The number of ether oxygens (including phenoxy) is 1. The molecule has 1 saturated heterocycles. The van der Waals surface area contributed by atoms with Gasteiger partial charge >= 0.3 is 5.97 Å². The quantitative estimate of drug-likeness (QED) is 0.568. The van der Waals surface area contributed by atoms with Gasteiger partial charge in [-0.3, -0.25) is 14.3 Å². The molecular weight excluding hydrogens is 422 g/mol. The summed E-state index contributed by atoms with van der Waals surface area (Å²) in [6, 6.07) is 11.4. The second-order valence-corrected chi connectivity index (χ2v) is 8.08. The molecule has 174 valence electrons. The molecule has 4 rings (SSSR count). The Bertz CT molecular complexity index is 1180. The second-order valence-electron chi connectivity index (χ2n) is 8.08. The lowest BCUT2D eigenvalue weighted by Gasteiger charge is -2.36. The van der Waals surface area contributed by atoms with Crippen LogP contribution >= 0.6 is 0 Å². The van der Waals surface area contributed by atoms with Crippen molar-refractivity contribution in [2.45, 2.75) is 6.92 Å². The zero-order valence-corrected chi connectivity index (χ0v) is 19.2. The number of benzene rings is 2. The maximum absolute atomic E-state index is 12.5. The van der Waals surface area contributed by atoms with E-state index in [1.54, 1.807) is 13.2 Å². The molecule has 1 aromatic heterocycles. The fourth-order valence-corrected chi connectivity index (χ4v) is 4.40. The molecule has 2 heterocycles. The summed E-state index contributed by atoms with van der Waals surface area (Å²) >= 11 is 0. The molecule has 0 spiro atoms. The number of carbonyl (C=O) groups is 2. The number of aromatic nitrogens is 2. The first-order valence-electron chi connectivity index (χ1n) is 11.0. The third-order valence-corrected chi connectivity index (χ3v) is 6.12. The standard InChI is InChI=1S/C24H29N5O4/c1-16-26-22-20(8-7-19(24(31)32)21(22)23(30)25-2)29(16)18-6-4-5-17(15-18)28-11-9-27(10-12-28)13-14-33-3/h4-8,15H,9-14H2,1-3H3,(H,25,30)(H,31,32). The Balaban J connectivity index is 1.70. The van der Waals surface area contributed by atoms with E-state index in [1.165, 1.54) is 13.1 Å². The van der Waals surface area contributed by atoms with E-state index in [-0.39, 0.29) is 11.1 Å². The van der Waals surface area contributed by atoms with Crippen LogP contribution in [0, 0.1) is 6.92 Å². The zero-order valence-electron chi connectivity index (χ0n) is 19.2. The molecule has 33 heavy (non-hydrogen) atoms. The van der Waals surface area contributed by atoms with E-state index >= 15 is 0 Å². The van der Waals surface area contributed by atoms with Gasteiger partial charge in [0.15, 0.2) is 0 Å². The number of carbonyl (C=O) groups excluding carboxylic acids is 1. The van der Waals surface area contributed by atoms with E-state index in [0.29, 0.717) is 16.9 Å².